The fourth-order valence-corrected chi connectivity index (χ4v) is 4.15. The van der Waals surface area contributed by atoms with Gasteiger partial charge < -0.3 is 19.9 Å². The SMILES string of the molecule is C/C=C/c1cc(C)c(C2=C(O)C3(CCC(OC)CC3)NC2=O)c(OC)c1. The number of rotatable bonds is 4. The molecule has 0 unspecified atom stereocenters. The van der Waals surface area contributed by atoms with E-state index in [-0.39, 0.29) is 17.8 Å². The van der Waals surface area contributed by atoms with Gasteiger partial charge in [-0.3, -0.25) is 4.79 Å². The fourth-order valence-electron chi connectivity index (χ4n) is 4.15. The second-order valence-corrected chi connectivity index (χ2v) is 7.11. The molecule has 0 radical (unpaired) electrons. The number of ether oxygens (including phenoxy) is 2. The summed E-state index contributed by atoms with van der Waals surface area (Å²) in [6.45, 7) is 3.89. The zero-order valence-electron chi connectivity index (χ0n) is 15.9. The molecule has 1 spiro atoms. The van der Waals surface area contributed by atoms with Crippen molar-refractivity contribution in [2.24, 2.45) is 0 Å². The van der Waals surface area contributed by atoms with Crippen LogP contribution in [0.2, 0.25) is 0 Å². The van der Waals surface area contributed by atoms with Crippen molar-refractivity contribution in [2.75, 3.05) is 14.2 Å². The van der Waals surface area contributed by atoms with Gasteiger partial charge in [0.1, 0.15) is 11.5 Å². The number of carbonyl (C=O) groups excluding carboxylic acids is 1. The number of amides is 1. The summed E-state index contributed by atoms with van der Waals surface area (Å²) in [7, 11) is 3.29. The molecule has 5 heteroatoms. The molecular weight excluding hydrogens is 330 g/mol. The first-order chi connectivity index (χ1) is 12.5. The normalized spacial score (nSPS) is 26.0. The molecule has 1 fully saturated rings. The number of nitrogens with one attached hydrogen (secondary N) is 1. The Labute approximate surface area is 154 Å². The highest BCUT2D eigenvalue weighted by Gasteiger charge is 2.48. The van der Waals surface area contributed by atoms with Crippen LogP contribution < -0.4 is 10.1 Å². The topological polar surface area (TPSA) is 67.8 Å². The van der Waals surface area contributed by atoms with Gasteiger partial charge in [0.25, 0.3) is 5.91 Å². The minimum absolute atomic E-state index is 0.136. The van der Waals surface area contributed by atoms with Gasteiger partial charge in [-0.25, -0.2) is 0 Å². The van der Waals surface area contributed by atoms with E-state index >= 15 is 0 Å². The van der Waals surface area contributed by atoms with Crippen molar-refractivity contribution in [3.8, 4) is 5.75 Å². The van der Waals surface area contributed by atoms with Crippen LogP contribution in [0, 0.1) is 6.92 Å². The summed E-state index contributed by atoms with van der Waals surface area (Å²) in [6, 6.07) is 3.89. The van der Waals surface area contributed by atoms with Crippen molar-refractivity contribution in [1.82, 2.24) is 5.32 Å². The molecule has 26 heavy (non-hydrogen) atoms. The minimum Gasteiger partial charge on any atom is -0.509 e. The molecule has 0 atom stereocenters. The summed E-state index contributed by atoms with van der Waals surface area (Å²) in [5.41, 5.74) is 2.22. The van der Waals surface area contributed by atoms with Crippen LogP contribution in [-0.2, 0) is 9.53 Å². The molecule has 3 rings (SSSR count). The van der Waals surface area contributed by atoms with Crippen LogP contribution in [0.3, 0.4) is 0 Å². The van der Waals surface area contributed by atoms with Crippen molar-refractivity contribution in [1.29, 1.82) is 0 Å². The van der Waals surface area contributed by atoms with Crippen LogP contribution >= 0.6 is 0 Å². The molecule has 0 aromatic heterocycles. The highest BCUT2D eigenvalue weighted by molar-refractivity contribution is 6.24. The van der Waals surface area contributed by atoms with Crippen molar-refractivity contribution < 1.29 is 19.4 Å². The van der Waals surface area contributed by atoms with E-state index in [0.29, 0.717) is 29.7 Å². The van der Waals surface area contributed by atoms with Crippen LogP contribution in [0.15, 0.2) is 24.0 Å². The van der Waals surface area contributed by atoms with Crippen LogP contribution in [-0.4, -0.2) is 36.9 Å². The molecule has 0 saturated heterocycles. The van der Waals surface area contributed by atoms with Crippen molar-refractivity contribution >= 4 is 17.6 Å². The monoisotopic (exact) mass is 357 g/mol. The third kappa shape index (κ3) is 3.01. The molecule has 2 N–H and O–H groups in total. The van der Waals surface area contributed by atoms with Gasteiger partial charge in [0.15, 0.2) is 0 Å². The van der Waals surface area contributed by atoms with Crippen LogP contribution in [0.4, 0.5) is 0 Å². The number of hydrogen-bond acceptors (Lipinski definition) is 4. The van der Waals surface area contributed by atoms with Crippen molar-refractivity contribution in [3.05, 3.63) is 40.7 Å². The quantitative estimate of drug-likeness (QED) is 0.861. The number of carbonyl (C=O) groups is 1. The number of benzene rings is 1. The second-order valence-electron chi connectivity index (χ2n) is 7.11. The van der Waals surface area contributed by atoms with Gasteiger partial charge in [0.2, 0.25) is 0 Å². The Kier molecular flexibility index (Phi) is 5.10. The molecule has 140 valence electrons. The van der Waals surface area contributed by atoms with Crippen molar-refractivity contribution in [2.45, 2.75) is 51.2 Å². The predicted octanol–water partition coefficient (Wildman–Crippen LogP) is 3.76. The number of hydrogen-bond donors (Lipinski definition) is 2. The Bertz CT molecular complexity index is 770. The van der Waals surface area contributed by atoms with Gasteiger partial charge in [-0.1, -0.05) is 18.2 Å². The Hall–Kier alpha value is -2.27. The van der Waals surface area contributed by atoms with Gasteiger partial charge in [-0.2, -0.15) is 0 Å². The third-order valence-corrected chi connectivity index (χ3v) is 5.54. The molecule has 2 aliphatic rings. The first-order valence-electron chi connectivity index (χ1n) is 9.06. The zero-order valence-corrected chi connectivity index (χ0v) is 15.9. The van der Waals surface area contributed by atoms with E-state index in [1.165, 1.54) is 0 Å². The first-order valence-corrected chi connectivity index (χ1v) is 9.06. The maximum absolute atomic E-state index is 12.8. The summed E-state index contributed by atoms with van der Waals surface area (Å²) < 4.78 is 11.0. The van der Waals surface area contributed by atoms with Crippen molar-refractivity contribution in [3.63, 3.8) is 0 Å². The lowest BCUT2D eigenvalue weighted by molar-refractivity contribution is -0.116. The smallest absolute Gasteiger partial charge is 0.256 e. The maximum atomic E-state index is 12.8. The molecule has 1 heterocycles. The molecule has 1 aliphatic carbocycles. The third-order valence-electron chi connectivity index (χ3n) is 5.54. The molecular formula is C21H27NO4. The average molecular weight is 357 g/mol. The van der Waals surface area contributed by atoms with E-state index in [1.54, 1.807) is 14.2 Å². The average Bonchev–Trinajstić information content (AvgIpc) is 2.86. The number of allylic oxidation sites excluding steroid dienone is 1. The zero-order chi connectivity index (χ0) is 18.9. The van der Waals surface area contributed by atoms with E-state index in [9.17, 15) is 9.90 Å². The lowest BCUT2D eigenvalue weighted by Crippen LogP contribution is -2.48. The summed E-state index contributed by atoms with van der Waals surface area (Å²) in [5.74, 6) is 0.494. The lowest BCUT2D eigenvalue weighted by Gasteiger charge is -2.36. The summed E-state index contributed by atoms with van der Waals surface area (Å²) in [5, 5.41) is 14.1. The molecule has 1 aliphatic heterocycles. The van der Waals surface area contributed by atoms with Gasteiger partial charge in [-0.05, 0) is 56.7 Å². The van der Waals surface area contributed by atoms with Crippen LogP contribution in [0.1, 0.15) is 49.3 Å². The molecule has 5 nitrogen and oxygen atoms in total. The standard InChI is InChI=1S/C21H27NO4/c1-5-6-14-11-13(2)17(16(12-14)26-4)18-19(23)21(22-20(18)24)9-7-15(25-3)8-10-21/h5-6,11-12,15,23H,7-10H2,1-4H3,(H,22,24)/b6-5+. The van der Waals surface area contributed by atoms with E-state index in [4.69, 9.17) is 9.47 Å². The number of methoxy groups -OCH3 is 2. The second kappa shape index (κ2) is 7.16. The van der Waals surface area contributed by atoms with E-state index in [2.05, 4.69) is 5.32 Å². The molecule has 1 saturated carbocycles. The fraction of sp³-hybridized carbons (Fsp3) is 0.476. The van der Waals surface area contributed by atoms with Crippen LogP contribution in [0.5, 0.6) is 5.75 Å². The largest absolute Gasteiger partial charge is 0.509 e. The van der Waals surface area contributed by atoms with Gasteiger partial charge in [-0.15, -0.1) is 0 Å². The lowest BCUT2D eigenvalue weighted by atomic mass is 9.79. The van der Waals surface area contributed by atoms with Gasteiger partial charge in [0, 0.05) is 12.7 Å². The molecule has 1 aromatic rings. The Balaban J connectivity index is 2.07. The molecule has 1 amide bonds. The number of aliphatic hydroxyl groups is 1. The first kappa shape index (κ1) is 18.5. The minimum atomic E-state index is -0.680. The summed E-state index contributed by atoms with van der Waals surface area (Å²) in [4.78, 5) is 12.8. The molecule has 1 aromatic carbocycles. The van der Waals surface area contributed by atoms with E-state index in [0.717, 1.165) is 24.0 Å². The summed E-state index contributed by atoms with van der Waals surface area (Å²) in [6.07, 6.45) is 7.08. The highest BCUT2D eigenvalue weighted by Crippen LogP contribution is 2.44. The van der Waals surface area contributed by atoms with E-state index in [1.807, 2.05) is 38.1 Å². The van der Waals surface area contributed by atoms with Gasteiger partial charge in [0.05, 0.1) is 24.3 Å². The van der Waals surface area contributed by atoms with Gasteiger partial charge >= 0.3 is 0 Å². The molecule has 0 bridgehead atoms. The Morgan fingerprint density at radius 2 is 1.96 bits per heavy atom. The number of aliphatic hydroxyl groups excluding tert-OH is 1. The van der Waals surface area contributed by atoms with E-state index < -0.39 is 5.54 Å². The predicted molar refractivity (Wildman–Crippen MR) is 102 cm³/mol. The highest BCUT2D eigenvalue weighted by atomic mass is 16.5. The van der Waals surface area contributed by atoms with Crippen LogP contribution in [0.25, 0.3) is 11.6 Å². The summed E-state index contributed by atoms with van der Waals surface area (Å²) >= 11 is 0. The number of aryl methyl sites for hydroxylation is 1. The maximum Gasteiger partial charge on any atom is 0.256 e. The Morgan fingerprint density at radius 1 is 1.27 bits per heavy atom. The Morgan fingerprint density at radius 3 is 2.54 bits per heavy atom.